The molecule has 138 valence electrons. The minimum absolute atomic E-state index is 0.0127. The van der Waals surface area contributed by atoms with Gasteiger partial charge in [-0.05, 0) is 50.5 Å². The predicted molar refractivity (Wildman–Crippen MR) is 109 cm³/mol. The second-order valence-corrected chi connectivity index (χ2v) is 8.19. The van der Waals surface area contributed by atoms with E-state index >= 15 is 0 Å². The van der Waals surface area contributed by atoms with E-state index in [1.807, 2.05) is 56.3 Å². The fraction of sp³-hybridized carbons (Fsp3) is 0.286. The van der Waals surface area contributed by atoms with Crippen molar-refractivity contribution in [3.8, 4) is 5.69 Å². The molecule has 27 heavy (non-hydrogen) atoms. The second-order valence-electron chi connectivity index (χ2n) is 6.88. The van der Waals surface area contributed by atoms with Crippen LogP contribution in [0.25, 0.3) is 16.6 Å². The summed E-state index contributed by atoms with van der Waals surface area (Å²) in [5.41, 5.74) is 2.29. The first-order valence-corrected chi connectivity index (χ1v) is 9.97. The fourth-order valence-corrected chi connectivity index (χ4v) is 3.91. The van der Waals surface area contributed by atoms with E-state index in [2.05, 4.69) is 5.32 Å². The fourth-order valence-electron chi connectivity index (χ4n) is 2.98. The van der Waals surface area contributed by atoms with Crippen LogP contribution in [0.5, 0.6) is 0 Å². The Kier molecular flexibility index (Phi) is 4.74. The number of carbonyl (C=O) groups excluding carboxylic acids is 1. The maximum atomic E-state index is 13.3. The van der Waals surface area contributed by atoms with Gasteiger partial charge < -0.3 is 5.32 Å². The number of nitrogens with zero attached hydrogens (tertiary/aromatic N) is 2. The van der Waals surface area contributed by atoms with Crippen LogP contribution in [0, 0.1) is 6.92 Å². The van der Waals surface area contributed by atoms with Gasteiger partial charge in [0.1, 0.15) is 0 Å². The highest BCUT2D eigenvalue weighted by Crippen LogP contribution is 2.27. The first kappa shape index (κ1) is 17.8. The predicted octanol–water partition coefficient (Wildman–Crippen LogP) is 3.45. The number of hydrogen-bond acceptors (Lipinski definition) is 4. The molecule has 0 spiro atoms. The summed E-state index contributed by atoms with van der Waals surface area (Å²) < 4.78 is 1.63. The van der Waals surface area contributed by atoms with Crippen LogP contribution in [0.2, 0.25) is 0 Å². The minimum atomic E-state index is -0.339. The van der Waals surface area contributed by atoms with Crippen molar-refractivity contribution in [2.45, 2.75) is 43.1 Å². The lowest BCUT2D eigenvalue weighted by atomic mass is 10.2. The average Bonchev–Trinajstić information content (AvgIpc) is 3.47. The summed E-state index contributed by atoms with van der Waals surface area (Å²) in [5.74, 6) is -0.0127. The minimum Gasteiger partial charge on any atom is -0.352 e. The van der Waals surface area contributed by atoms with Gasteiger partial charge in [-0.1, -0.05) is 42.1 Å². The van der Waals surface area contributed by atoms with Crippen molar-refractivity contribution < 1.29 is 4.79 Å². The van der Waals surface area contributed by atoms with Gasteiger partial charge in [0.25, 0.3) is 5.56 Å². The Bertz CT molecular complexity index is 1070. The van der Waals surface area contributed by atoms with E-state index in [1.54, 1.807) is 10.6 Å². The normalized spacial score (nSPS) is 14.9. The number of hydrogen-bond donors (Lipinski definition) is 1. The zero-order valence-electron chi connectivity index (χ0n) is 15.3. The quantitative estimate of drug-likeness (QED) is 0.545. The third kappa shape index (κ3) is 3.62. The van der Waals surface area contributed by atoms with Crippen molar-refractivity contribution in [1.29, 1.82) is 0 Å². The number of fused-ring (bicyclic) bond motifs is 1. The van der Waals surface area contributed by atoms with Crippen LogP contribution in [0.1, 0.15) is 25.3 Å². The smallest absolute Gasteiger partial charge is 0.266 e. The molecule has 1 heterocycles. The van der Waals surface area contributed by atoms with Gasteiger partial charge in [-0.15, -0.1) is 0 Å². The number of carbonyl (C=O) groups is 1. The van der Waals surface area contributed by atoms with Crippen LogP contribution in [-0.2, 0) is 4.79 Å². The van der Waals surface area contributed by atoms with E-state index in [9.17, 15) is 9.59 Å². The van der Waals surface area contributed by atoms with Crippen molar-refractivity contribution in [3.63, 3.8) is 0 Å². The molecule has 1 aliphatic rings. The van der Waals surface area contributed by atoms with Crippen LogP contribution in [0.4, 0.5) is 0 Å². The number of nitrogens with one attached hydrogen (secondary N) is 1. The van der Waals surface area contributed by atoms with Gasteiger partial charge in [-0.2, -0.15) is 0 Å². The Labute approximate surface area is 161 Å². The lowest BCUT2D eigenvalue weighted by Crippen LogP contribution is -2.33. The molecule has 1 saturated carbocycles. The van der Waals surface area contributed by atoms with E-state index in [0.29, 0.717) is 22.1 Å². The standard InChI is InChI=1S/C21H21N3O2S/c1-13-7-3-6-10-18(13)24-20(26)16-8-4-5-9-17(16)23-21(24)27-14(2)19(25)22-15-11-12-15/h3-10,14-15H,11-12H2,1-2H3,(H,22,25). The van der Waals surface area contributed by atoms with Crippen molar-refractivity contribution in [2.75, 3.05) is 0 Å². The SMILES string of the molecule is Cc1ccccc1-n1c(SC(C)C(=O)NC2CC2)nc2ccccc2c1=O. The lowest BCUT2D eigenvalue weighted by Gasteiger charge is -2.17. The summed E-state index contributed by atoms with van der Waals surface area (Å²) in [7, 11) is 0. The molecule has 0 radical (unpaired) electrons. The lowest BCUT2D eigenvalue weighted by molar-refractivity contribution is -0.120. The summed E-state index contributed by atoms with van der Waals surface area (Å²) in [6, 6.07) is 15.4. The maximum Gasteiger partial charge on any atom is 0.266 e. The first-order valence-electron chi connectivity index (χ1n) is 9.09. The van der Waals surface area contributed by atoms with Gasteiger partial charge >= 0.3 is 0 Å². The van der Waals surface area contributed by atoms with E-state index in [1.165, 1.54) is 11.8 Å². The van der Waals surface area contributed by atoms with Gasteiger partial charge in [0, 0.05) is 6.04 Å². The van der Waals surface area contributed by atoms with Gasteiger partial charge in [-0.25, -0.2) is 4.98 Å². The van der Waals surface area contributed by atoms with Gasteiger partial charge in [0.05, 0.1) is 21.8 Å². The molecule has 1 N–H and O–H groups in total. The number of thioether (sulfide) groups is 1. The molecule has 0 bridgehead atoms. The highest BCUT2D eigenvalue weighted by Gasteiger charge is 2.27. The highest BCUT2D eigenvalue weighted by atomic mass is 32.2. The zero-order chi connectivity index (χ0) is 19.0. The van der Waals surface area contributed by atoms with Crippen LogP contribution >= 0.6 is 11.8 Å². The van der Waals surface area contributed by atoms with Crippen LogP contribution in [0.3, 0.4) is 0 Å². The van der Waals surface area contributed by atoms with Gasteiger partial charge in [-0.3, -0.25) is 14.2 Å². The number of aromatic nitrogens is 2. The van der Waals surface area contributed by atoms with Gasteiger partial charge in [0.15, 0.2) is 5.16 Å². The van der Waals surface area contributed by atoms with Crippen LogP contribution in [0.15, 0.2) is 58.5 Å². The van der Waals surface area contributed by atoms with Gasteiger partial charge in [0.2, 0.25) is 5.91 Å². The van der Waals surface area contributed by atoms with E-state index in [-0.39, 0.29) is 16.7 Å². The summed E-state index contributed by atoms with van der Waals surface area (Å²) in [6.07, 6.45) is 2.09. The molecule has 1 amide bonds. The Hall–Kier alpha value is -2.60. The summed E-state index contributed by atoms with van der Waals surface area (Å²) in [5, 5.41) is 3.79. The third-order valence-corrected chi connectivity index (χ3v) is 5.73. The van der Waals surface area contributed by atoms with Crippen molar-refractivity contribution >= 4 is 28.6 Å². The van der Waals surface area contributed by atoms with Crippen LogP contribution < -0.4 is 10.9 Å². The molecule has 2 aromatic carbocycles. The molecule has 5 nitrogen and oxygen atoms in total. The Morgan fingerprint density at radius 2 is 1.89 bits per heavy atom. The molecule has 4 rings (SSSR count). The van der Waals surface area contributed by atoms with E-state index in [4.69, 9.17) is 4.98 Å². The molecule has 1 atom stereocenters. The number of rotatable bonds is 5. The second kappa shape index (κ2) is 7.19. The molecule has 1 fully saturated rings. The molecule has 3 aromatic rings. The monoisotopic (exact) mass is 379 g/mol. The number of amides is 1. The first-order chi connectivity index (χ1) is 13.0. The molecule has 1 aromatic heterocycles. The highest BCUT2D eigenvalue weighted by molar-refractivity contribution is 8.00. The van der Waals surface area contributed by atoms with Crippen molar-refractivity contribution in [2.24, 2.45) is 0 Å². The largest absolute Gasteiger partial charge is 0.352 e. The van der Waals surface area contributed by atoms with Crippen LogP contribution in [-0.4, -0.2) is 26.8 Å². The Balaban J connectivity index is 1.82. The summed E-state index contributed by atoms with van der Waals surface area (Å²) >= 11 is 1.32. The summed E-state index contributed by atoms with van der Waals surface area (Å²) in [4.78, 5) is 30.4. The molecule has 1 aliphatic carbocycles. The number of benzene rings is 2. The molecule has 0 aliphatic heterocycles. The average molecular weight is 379 g/mol. The molecule has 6 heteroatoms. The molecular weight excluding hydrogens is 358 g/mol. The molecule has 1 unspecified atom stereocenters. The number of para-hydroxylation sites is 2. The van der Waals surface area contributed by atoms with E-state index in [0.717, 1.165) is 24.1 Å². The van der Waals surface area contributed by atoms with E-state index < -0.39 is 0 Å². The topological polar surface area (TPSA) is 64.0 Å². The Morgan fingerprint density at radius 3 is 2.63 bits per heavy atom. The maximum absolute atomic E-state index is 13.3. The summed E-state index contributed by atoms with van der Waals surface area (Å²) in [6.45, 7) is 3.82. The number of aryl methyl sites for hydroxylation is 1. The molecular formula is C21H21N3O2S. The molecule has 0 saturated heterocycles. The Morgan fingerprint density at radius 1 is 1.19 bits per heavy atom. The third-order valence-electron chi connectivity index (χ3n) is 4.68. The zero-order valence-corrected chi connectivity index (χ0v) is 16.1. The van der Waals surface area contributed by atoms with Crippen molar-refractivity contribution in [3.05, 3.63) is 64.4 Å². The van der Waals surface area contributed by atoms with Crippen molar-refractivity contribution in [1.82, 2.24) is 14.9 Å².